The zero-order valence-corrected chi connectivity index (χ0v) is 39.2. The smallest absolute Gasteiger partial charge is 0.377 e. The summed E-state index contributed by atoms with van der Waals surface area (Å²) in [7, 11) is -5.26. The third kappa shape index (κ3) is 12.7. The molecule has 0 amide bonds. The Balaban J connectivity index is 0.000000354. The summed E-state index contributed by atoms with van der Waals surface area (Å²) in [5.74, 6) is -5.54. The summed E-state index contributed by atoms with van der Waals surface area (Å²) >= 11 is 0. The summed E-state index contributed by atoms with van der Waals surface area (Å²) in [6, 6.07) is 0. The van der Waals surface area contributed by atoms with Crippen molar-refractivity contribution in [2.45, 2.75) is 119 Å². The zero-order chi connectivity index (χ0) is 48.0. The first-order chi connectivity index (χ1) is 28.4. The fourth-order valence-corrected chi connectivity index (χ4v) is 9.53. The number of cyclic esters (lactones) is 2. The van der Waals surface area contributed by atoms with Gasteiger partial charge in [0.1, 0.15) is 29.7 Å². The molecule has 0 fully saturated rings. The molecule has 7 N–H and O–H groups in total. The second-order valence-electron chi connectivity index (χ2n) is 16.9. The minimum Gasteiger partial charge on any atom is -0.505 e. The van der Waals surface area contributed by atoms with Crippen molar-refractivity contribution in [2.24, 2.45) is 10.8 Å². The summed E-state index contributed by atoms with van der Waals surface area (Å²) in [5.41, 5.74) is 4.48. The molecule has 0 aromatic rings. The molecule has 2 aliphatic carbocycles. The van der Waals surface area contributed by atoms with Crippen LogP contribution in [0.15, 0.2) is 68.2 Å². The molecule has 62 heavy (non-hydrogen) atoms. The largest absolute Gasteiger partial charge is 0.505 e. The van der Waals surface area contributed by atoms with Gasteiger partial charge >= 0.3 is 27.1 Å². The third-order valence-corrected chi connectivity index (χ3v) is 13.6. The van der Waals surface area contributed by atoms with Gasteiger partial charge in [0.25, 0.3) is 0 Å². The fraction of sp³-hybridized carbons (Fsp3) is 0.610. The van der Waals surface area contributed by atoms with Crippen molar-refractivity contribution in [1.82, 2.24) is 0 Å². The van der Waals surface area contributed by atoms with E-state index < -0.39 is 111 Å². The number of esters is 2. The lowest BCUT2D eigenvalue weighted by Gasteiger charge is -2.38. The highest BCUT2D eigenvalue weighted by molar-refractivity contribution is 7.58. The zero-order valence-electron chi connectivity index (χ0n) is 37.4. The van der Waals surface area contributed by atoms with E-state index in [9.17, 15) is 43.6 Å². The number of hydrogen-bond acceptors (Lipinski definition) is 19. The molecule has 0 aromatic carbocycles. The molecule has 0 aromatic heterocycles. The Labute approximate surface area is 361 Å². The summed E-state index contributed by atoms with van der Waals surface area (Å²) in [6.45, 7) is 19.2. The van der Waals surface area contributed by atoms with E-state index in [4.69, 9.17) is 43.3 Å². The van der Waals surface area contributed by atoms with Gasteiger partial charge in [0.05, 0.1) is 13.2 Å². The van der Waals surface area contributed by atoms with Crippen LogP contribution in [-0.4, -0.2) is 130 Å². The predicted molar refractivity (Wildman–Crippen MR) is 224 cm³/mol. The molecule has 21 heteroatoms. The van der Waals surface area contributed by atoms with Crippen LogP contribution < -0.4 is 0 Å². The maximum absolute atomic E-state index is 13.5. The average molecular weight is 921 g/mol. The monoisotopic (exact) mass is 920 g/mol. The molecule has 19 nitrogen and oxygen atoms in total. The number of rotatable bonds is 13. The van der Waals surface area contributed by atoms with Gasteiger partial charge in [0.2, 0.25) is 11.5 Å². The van der Waals surface area contributed by atoms with Gasteiger partial charge < -0.3 is 54.3 Å². The van der Waals surface area contributed by atoms with E-state index in [1.54, 1.807) is 6.92 Å². The van der Waals surface area contributed by atoms with Gasteiger partial charge in [-0.2, -0.15) is 0 Å². The highest BCUT2D eigenvalue weighted by atomic mass is 31.2. The number of aliphatic hydroxyl groups excluding tert-OH is 7. The minimum atomic E-state index is -4.45. The topological polar surface area (TPSA) is 299 Å². The van der Waals surface area contributed by atoms with Crippen molar-refractivity contribution >= 4 is 38.7 Å². The van der Waals surface area contributed by atoms with Crippen molar-refractivity contribution in [3.8, 4) is 0 Å². The molecule has 0 saturated heterocycles. The normalized spacial score (nSPS) is 26.3. The summed E-state index contributed by atoms with van der Waals surface area (Å²) in [4.78, 5) is 47.7. The molecule has 0 spiro atoms. The number of hydrogen-bond donors (Lipinski definition) is 7. The van der Waals surface area contributed by atoms with Crippen molar-refractivity contribution in [3.63, 3.8) is 0 Å². The lowest BCUT2D eigenvalue weighted by molar-refractivity contribution is -0.148. The van der Waals surface area contributed by atoms with Gasteiger partial charge in [0.15, 0.2) is 29.5 Å². The van der Waals surface area contributed by atoms with Crippen LogP contribution in [0.3, 0.4) is 0 Å². The number of ether oxygens (including phenoxy) is 2. The predicted octanol–water partition coefficient (Wildman–Crippen LogP) is 5.26. The van der Waals surface area contributed by atoms with Crippen molar-refractivity contribution in [1.29, 1.82) is 0 Å². The Kier molecular flexibility index (Phi) is 18.7. The molecule has 4 unspecified atom stereocenters. The highest BCUT2D eigenvalue weighted by Crippen LogP contribution is 2.62. The number of ketones is 2. The number of allylic oxidation sites excluding steroid dienone is 6. The second-order valence-corrected chi connectivity index (χ2v) is 21.0. The summed E-state index contributed by atoms with van der Waals surface area (Å²) in [6.07, 6.45) is -3.30. The first-order valence-corrected chi connectivity index (χ1v) is 22.9. The standard InChI is InChI=1S/C20H29O9P.C15H25O4P.C6H8O6/c1-10(2)7-12-11(3)15(23)14(8-20(12,4)5)29-30(26,27-6)18-16(24)19(25)28-17(18)13(22)9-21;1-10(2)8-12-11(3)14(16)13(9-15(12,4)5)19-20(7,17)18-6;7-1-2(8)5-3(9)4(10)6(11)12-5/h7,13-14,17,21-22,24H,8-9H2,1-6H3;8,13H,9H2,1-7H3;2,5,7-10H,1H2/t13-,14?,17+,30?;;2-,5+/m0.0/s1. The number of aliphatic hydroxyl groups is 7. The van der Waals surface area contributed by atoms with E-state index in [0.29, 0.717) is 17.6 Å². The van der Waals surface area contributed by atoms with Crippen LogP contribution in [0.4, 0.5) is 0 Å². The van der Waals surface area contributed by atoms with Crippen LogP contribution in [0.5, 0.6) is 0 Å². The van der Waals surface area contributed by atoms with Crippen LogP contribution in [0, 0.1) is 10.8 Å². The van der Waals surface area contributed by atoms with Gasteiger partial charge in [-0.25, -0.2) is 9.59 Å². The SMILES string of the molecule is COP(=O)(OC1CC(C)(C)C(C=C(C)C)=C(C)C1=O)C1=C(O)C(=O)O[C@@H]1[C@@H](O)CO.COP(C)(=O)OC1CC(C)(C)C(C=C(C)C)=C(C)C1=O.O=C1O[C@H]([C@@H](O)CO)C(O)=C1O. The van der Waals surface area contributed by atoms with Gasteiger partial charge in [-0.3, -0.25) is 27.8 Å². The van der Waals surface area contributed by atoms with Gasteiger partial charge in [0, 0.05) is 20.9 Å². The van der Waals surface area contributed by atoms with Crippen molar-refractivity contribution in [3.05, 3.63) is 68.2 Å². The van der Waals surface area contributed by atoms with E-state index in [0.717, 1.165) is 29.4 Å². The lowest BCUT2D eigenvalue weighted by atomic mass is 9.70. The van der Waals surface area contributed by atoms with Crippen LogP contribution in [0.25, 0.3) is 0 Å². The van der Waals surface area contributed by atoms with E-state index in [2.05, 4.69) is 18.6 Å². The van der Waals surface area contributed by atoms with E-state index in [1.807, 2.05) is 60.6 Å². The van der Waals surface area contributed by atoms with E-state index in [-0.39, 0.29) is 17.6 Å². The van der Waals surface area contributed by atoms with Gasteiger partial charge in [-0.05, 0) is 87.5 Å². The Morgan fingerprint density at radius 2 is 1.10 bits per heavy atom. The van der Waals surface area contributed by atoms with Crippen LogP contribution in [-0.2, 0) is 55.9 Å². The van der Waals surface area contributed by atoms with Gasteiger partial charge in [-0.15, -0.1) is 0 Å². The first kappa shape index (κ1) is 54.4. The minimum absolute atomic E-state index is 0.101. The molecule has 4 aliphatic rings. The number of carbonyl (C=O) groups excluding carboxylic acids is 4. The third-order valence-electron chi connectivity index (χ3n) is 10.3. The Morgan fingerprint density at radius 1 is 0.710 bits per heavy atom. The summed E-state index contributed by atoms with van der Waals surface area (Å²) in [5, 5.41) is 63.7. The molecule has 8 atom stereocenters. The Hall–Kier alpha value is -3.74. The van der Waals surface area contributed by atoms with Crippen molar-refractivity contribution < 1.29 is 91.6 Å². The fourth-order valence-electron chi connectivity index (χ4n) is 7.02. The van der Waals surface area contributed by atoms with Crippen LogP contribution in [0.1, 0.15) is 82.1 Å². The number of carbonyl (C=O) groups is 4. The molecule has 350 valence electrons. The second kappa shape index (κ2) is 21.3. The average Bonchev–Trinajstić information content (AvgIpc) is 3.64. The van der Waals surface area contributed by atoms with Crippen molar-refractivity contribution in [2.75, 3.05) is 34.1 Å². The molecule has 2 heterocycles. The maximum Gasteiger partial charge on any atom is 0.377 e. The molecule has 0 bridgehead atoms. The molecule has 0 saturated carbocycles. The Morgan fingerprint density at radius 3 is 1.45 bits per heavy atom. The van der Waals surface area contributed by atoms with E-state index in [1.165, 1.54) is 13.8 Å². The molecular weight excluding hydrogens is 858 g/mol. The highest BCUT2D eigenvalue weighted by Gasteiger charge is 2.52. The first-order valence-electron chi connectivity index (χ1n) is 19.4. The number of Topliss-reactive ketones (excluding diaryl/α,β-unsaturated/α-hetero) is 2. The van der Waals surface area contributed by atoms with Crippen LogP contribution >= 0.6 is 15.2 Å². The lowest BCUT2D eigenvalue weighted by Crippen LogP contribution is -2.38. The van der Waals surface area contributed by atoms with E-state index >= 15 is 0 Å². The quantitative estimate of drug-likeness (QED) is 0.0916. The summed E-state index contributed by atoms with van der Waals surface area (Å²) < 4.78 is 55.5. The maximum atomic E-state index is 13.5. The Bertz CT molecular complexity index is 2040. The molecule has 4 rings (SSSR count). The van der Waals surface area contributed by atoms with Gasteiger partial charge in [-0.1, -0.05) is 51.0 Å². The molecule has 2 aliphatic heterocycles. The molecular formula is C41H62O19P2. The molecule has 0 radical (unpaired) electrons. The van der Waals surface area contributed by atoms with Crippen LogP contribution in [0.2, 0.25) is 0 Å².